The molecule has 0 aromatic rings. The van der Waals surface area contributed by atoms with E-state index in [2.05, 4.69) is 0 Å². The van der Waals surface area contributed by atoms with Gasteiger partial charge in [0.05, 0.1) is 0 Å². The predicted molar refractivity (Wildman–Crippen MR) is 32.8 cm³/mol. The minimum Gasteiger partial charge on any atom is -0.480 e. The van der Waals surface area contributed by atoms with Gasteiger partial charge in [0.1, 0.15) is 6.04 Å². The van der Waals surface area contributed by atoms with Gasteiger partial charge in [-0.05, 0) is 0 Å². The fourth-order valence-electron chi connectivity index (χ4n) is 0.425. The molecule has 2 atom stereocenters. The van der Waals surface area contributed by atoms with Crippen molar-refractivity contribution in [3.8, 4) is 0 Å². The maximum absolute atomic E-state index is 12.2. The number of halogens is 1. The molecule has 6 heteroatoms. The van der Waals surface area contributed by atoms with Gasteiger partial charge in [0, 0.05) is 6.42 Å². The van der Waals surface area contributed by atoms with E-state index in [1.807, 2.05) is 0 Å². The molecule has 0 saturated carbocycles. The molecule has 0 aromatic heterocycles. The maximum atomic E-state index is 12.2. The summed E-state index contributed by atoms with van der Waals surface area (Å²) < 4.78 is 12.2. The molecule has 0 bridgehead atoms. The summed E-state index contributed by atoms with van der Waals surface area (Å²) in [4.78, 5) is 19.8. The summed E-state index contributed by atoms with van der Waals surface area (Å²) in [6.45, 7) is 0. The standard InChI is InChI=1S/C5H8FNO4/c6-2(4(8)9)1-3(7)5(10)11/h2-3H,1,7H2,(H,8,9)(H,10,11)/t2-,3-/m0/s1/i6-1. The molecule has 11 heavy (non-hydrogen) atoms. The molecule has 5 nitrogen and oxygen atoms in total. The number of hydrogen-bond acceptors (Lipinski definition) is 3. The zero-order valence-corrected chi connectivity index (χ0v) is 5.53. The molecule has 64 valence electrons. The van der Waals surface area contributed by atoms with Gasteiger partial charge in [-0.1, -0.05) is 0 Å². The SMILES string of the molecule is N[C@@H](C[C@H]([18F])C(=O)O)C(=O)O. The Bertz CT molecular complexity index is 154. The Morgan fingerprint density at radius 1 is 1.36 bits per heavy atom. The van der Waals surface area contributed by atoms with Crippen molar-refractivity contribution in [1.82, 2.24) is 0 Å². The van der Waals surface area contributed by atoms with Crippen LogP contribution in [0.4, 0.5) is 4.39 Å². The molecule has 0 aromatic carbocycles. The molecule has 0 rings (SSSR count). The van der Waals surface area contributed by atoms with Crippen LogP contribution < -0.4 is 5.73 Å². The summed E-state index contributed by atoms with van der Waals surface area (Å²) in [6.07, 6.45) is -2.91. The van der Waals surface area contributed by atoms with Crippen LogP contribution in [0.15, 0.2) is 0 Å². The number of alkyl halides is 1. The molecule has 0 saturated heterocycles. The van der Waals surface area contributed by atoms with Crippen LogP contribution in [0.2, 0.25) is 0 Å². The van der Waals surface area contributed by atoms with Crippen molar-refractivity contribution in [2.45, 2.75) is 18.6 Å². The fourth-order valence-corrected chi connectivity index (χ4v) is 0.425. The Morgan fingerprint density at radius 2 is 1.82 bits per heavy atom. The second-order valence-electron chi connectivity index (χ2n) is 1.99. The normalized spacial score (nSPS) is 15.5. The van der Waals surface area contributed by atoms with Gasteiger partial charge < -0.3 is 15.9 Å². The first kappa shape index (κ1) is 9.83. The number of carbonyl (C=O) groups is 2. The first-order chi connectivity index (χ1) is 4.95. The smallest absolute Gasteiger partial charge is 0.338 e. The van der Waals surface area contributed by atoms with Gasteiger partial charge >= 0.3 is 11.9 Å². The highest BCUT2D eigenvalue weighted by atomic mass is 18.2. The molecule has 0 aliphatic rings. The molecule has 0 fully saturated rings. The van der Waals surface area contributed by atoms with E-state index in [1.165, 1.54) is 0 Å². The first-order valence-electron chi connectivity index (χ1n) is 2.80. The average Bonchev–Trinajstić information content (AvgIpc) is 1.87. The monoisotopic (exact) mass is 164 g/mol. The summed E-state index contributed by atoms with van der Waals surface area (Å²) >= 11 is 0. The molecular weight excluding hydrogens is 156 g/mol. The predicted octanol–water partition coefficient (Wildman–Crippen LogP) is -0.789. The molecular formula is C5H8FNO4. The van der Waals surface area contributed by atoms with Crippen LogP contribution in [-0.2, 0) is 9.59 Å². The van der Waals surface area contributed by atoms with Crippen molar-refractivity contribution >= 4 is 11.9 Å². The number of rotatable bonds is 4. The summed E-state index contributed by atoms with van der Waals surface area (Å²) in [7, 11) is 0. The Kier molecular flexibility index (Phi) is 3.46. The highest BCUT2D eigenvalue weighted by Gasteiger charge is 2.23. The van der Waals surface area contributed by atoms with Crippen molar-refractivity contribution < 1.29 is 24.2 Å². The molecule has 0 aliphatic heterocycles. The van der Waals surface area contributed by atoms with Crippen LogP contribution in [0.3, 0.4) is 0 Å². The number of nitrogens with two attached hydrogens (primary N) is 1. The van der Waals surface area contributed by atoms with Crippen molar-refractivity contribution in [2.75, 3.05) is 0 Å². The van der Waals surface area contributed by atoms with Crippen molar-refractivity contribution in [1.29, 1.82) is 0 Å². The lowest BCUT2D eigenvalue weighted by molar-refractivity contribution is -0.144. The Balaban J connectivity index is 3.84. The van der Waals surface area contributed by atoms with E-state index in [4.69, 9.17) is 15.9 Å². The summed E-state index contributed by atoms with van der Waals surface area (Å²) in [6, 6.07) is -1.46. The number of carboxylic acid groups (broad SMARTS) is 2. The van der Waals surface area contributed by atoms with Crippen molar-refractivity contribution in [2.24, 2.45) is 5.73 Å². The fraction of sp³-hybridized carbons (Fsp3) is 0.600. The average molecular weight is 164 g/mol. The van der Waals surface area contributed by atoms with Crippen molar-refractivity contribution in [3.63, 3.8) is 0 Å². The minimum absolute atomic E-state index is 0.704. The first-order valence-corrected chi connectivity index (χ1v) is 2.80. The molecule has 0 heterocycles. The Morgan fingerprint density at radius 3 is 2.09 bits per heavy atom. The van der Waals surface area contributed by atoms with E-state index in [0.29, 0.717) is 0 Å². The van der Waals surface area contributed by atoms with E-state index in [-0.39, 0.29) is 0 Å². The van der Waals surface area contributed by atoms with Gasteiger partial charge in [0.15, 0.2) is 6.17 Å². The molecule has 0 aliphatic carbocycles. The molecule has 0 radical (unpaired) electrons. The quantitative estimate of drug-likeness (QED) is 0.505. The maximum Gasteiger partial charge on any atom is 0.338 e. The van der Waals surface area contributed by atoms with Gasteiger partial charge in [0.2, 0.25) is 0 Å². The third kappa shape index (κ3) is 3.51. The molecule has 0 amide bonds. The summed E-state index contributed by atoms with van der Waals surface area (Å²) in [5, 5.41) is 16.1. The minimum atomic E-state index is -2.21. The zero-order valence-electron chi connectivity index (χ0n) is 5.53. The third-order valence-corrected chi connectivity index (χ3v) is 1.05. The van der Waals surface area contributed by atoms with E-state index in [1.54, 1.807) is 0 Å². The van der Waals surface area contributed by atoms with E-state index < -0.39 is 30.6 Å². The zero-order chi connectivity index (χ0) is 9.02. The van der Waals surface area contributed by atoms with Crippen LogP contribution in [0.1, 0.15) is 6.42 Å². The molecule has 4 N–H and O–H groups in total. The third-order valence-electron chi connectivity index (χ3n) is 1.05. The van der Waals surface area contributed by atoms with E-state index in [9.17, 15) is 14.0 Å². The molecule has 0 spiro atoms. The Hall–Kier alpha value is -1.17. The molecule has 0 unspecified atom stereocenters. The lowest BCUT2D eigenvalue weighted by atomic mass is 10.1. The largest absolute Gasteiger partial charge is 0.480 e. The lowest BCUT2D eigenvalue weighted by Gasteiger charge is -2.06. The van der Waals surface area contributed by atoms with Gasteiger partial charge in [-0.2, -0.15) is 0 Å². The van der Waals surface area contributed by atoms with Gasteiger partial charge in [-0.25, -0.2) is 9.18 Å². The summed E-state index contributed by atoms with van der Waals surface area (Å²) in [5.74, 6) is -3.10. The number of hydrogen-bond donors (Lipinski definition) is 3. The lowest BCUT2D eigenvalue weighted by Crippen LogP contribution is -2.35. The van der Waals surface area contributed by atoms with E-state index >= 15 is 0 Å². The Labute approximate surface area is 61.6 Å². The number of aliphatic carboxylic acids is 2. The second kappa shape index (κ2) is 3.87. The van der Waals surface area contributed by atoms with Gasteiger partial charge in [0.25, 0.3) is 0 Å². The summed E-state index contributed by atoms with van der Waals surface area (Å²) in [5.41, 5.74) is 4.85. The van der Waals surface area contributed by atoms with Crippen LogP contribution in [0.5, 0.6) is 0 Å². The van der Waals surface area contributed by atoms with Gasteiger partial charge in [-0.15, -0.1) is 0 Å². The van der Waals surface area contributed by atoms with Crippen LogP contribution >= 0.6 is 0 Å². The van der Waals surface area contributed by atoms with Crippen LogP contribution in [0, 0.1) is 0 Å². The van der Waals surface area contributed by atoms with Crippen LogP contribution in [0.25, 0.3) is 0 Å². The topological polar surface area (TPSA) is 101 Å². The highest BCUT2D eigenvalue weighted by molar-refractivity contribution is 5.76. The number of carboxylic acids is 2. The van der Waals surface area contributed by atoms with Gasteiger partial charge in [-0.3, -0.25) is 4.79 Å². The van der Waals surface area contributed by atoms with Crippen LogP contribution in [-0.4, -0.2) is 34.4 Å². The van der Waals surface area contributed by atoms with Crippen molar-refractivity contribution in [3.05, 3.63) is 0 Å². The highest BCUT2D eigenvalue weighted by Crippen LogP contribution is 2.00. The van der Waals surface area contributed by atoms with E-state index in [0.717, 1.165) is 0 Å². The second-order valence-corrected chi connectivity index (χ2v) is 1.99.